The molecule has 0 saturated carbocycles. The molecular weight excluding hydrogens is 327 g/mol. The molecule has 7 nitrogen and oxygen atoms in total. The van der Waals surface area contributed by atoms with Crippen molar-refractivity contribution in [1.29, 1.82) is 0 Å². The summed E-state index contributed by atoms with van der Waals surface area (Å²) in [5.74, 6) is 0.588. The average Bonchev–Trinajstić information content (AvgIpc) is 3.22. The van der Waals surface area contributed by atoms with Gasteiger partial charge in [0.15, 0.2) is 0 Å². The van der Waals surface area contributed by atoms with Crippen LogP contribution in [0.25, 0.3) is 0 Å². The third-order valence-corrected chi connectivity index (χ3v) is 5.06. The fourth-order valence-electron chi connectivity index (χ4n) is 3.59. The molecule has 0 aliphatic carbocycles. The van der Waals surface area contributed by atoms with Crippen LogP contribution in [0.3, 0.4) is 0 Å². The summed E-state index contributed by atoms with van der Waals surface area (Å²) < 4.78 is 19.1. The van der Waals surface area contributed by atoms with E-state index in [1.54, 1.807) is 4.90 Å². The molecule has 2 atom stereocenters. The maximum absolute atomic E-state index is 13.9. The van der Waals surface area contributed by atoms with E-state index in [1.165, 1.54) is 0 Å². The molecule has 0 bridgehead atoms. The van der Waals surface area contributed by atoms with Crippen LogP contribution in [0, 0.1) is 13.8 Å². The minimum absolute atomic E-state index is 0.0277. The second kappa shape index (κ2) is 7.51. The van der Waals surface area contributed by atoms with Crippen LogP contribution in [-0.4, -0.2) is 65.2 Å². The highest BCUT2D eigenvalue weighted by atomic mass is 19.1. The molecule has 0 spiro atoms. The molecule has 1 aromatic rings. The number of aromatic nitrogens is 1. The number of amides is 2. The zero-order valence-corrected chi connectivity index (χ0v) is 14.8. The van der Waals surface area contributed by atoms with Crippen LogP contribution in [0.2, 0.25) is 0 Å². The Labute approximate surface area is 146 Å². The Morgan fingerprint density at radius 2 is 2.24 bits per heavy atom. The summed E-state index contributed by atoms with van der Waals surface area (Å²) in [6.07, 6.45) is 0.822. The largest absolute Gasteiger partial charge is 0.361 e. The van der Waals surface area contributed by atoms with Crippen molar-refractivity contribution in [1.82, 2.24) is 20.3 Å². The molecule has 0 unspecified atom stereocenters. The number of hydrogen-bond donors (Lipinski definition) is 1. The van der Waals surface area contributed by atoms with Crippen LogP contribution < -0.4 is 5.32 Å². The Morgan fingerprint density at radius 3 is 2.88 bits per heavy atom. The number of nitrogens with one attached hydrogen (secondary N) is 1. The topological polar surface area (TPSA) is 78.7 Å². The van der Waals surface area contributed by atoms with Crippen molar-refractivity contribution in [3.05, 3.63) is 17.0 Å². The Kier molecular flexibility index (Phi) is 5.36. The van der Waals surface area contributed by atoms with E-state index < -0.39 is 6.17 Å². The number of aryl methyl sites for hydroxylation is 2. The summed E-state index contributed by atoms with van der Waals surface area (Å²) in [7, 11) is 0. The van der Waals surface area contributed by atoms with Crippen LogP contribution in [0.5, 0.6) is 0 Å². The second-order valence-corrected chi connectivity index (χ2v) is 6.94. The fourth-order valence-corrected chi connectivity index (χ4v) is 3.59. The maximum atomic E-state index is 13.9. The van der Waals surface area contributed by atoms with Gasteiger partial charge < -0.3 is 14.7 Å². The van der Waals surface area contributed by atoms with Crippen molar-refractivity contribution < 1.29 is 18.5 Å². The molecule has 2 fully saturated rings. The van der Waals surface area contributed by atoms with E-state index in [2.05, 4.69) is 10.5 Å². The van der Waals surface area contributed by atoms with Gasteiger partial charge >= 0.3 is 0 Å². The van der Waals surface area contributed by atoms with Gasteiger partial charge in [0.05, 0.1) is 12.2 Å². The molecule has 1 N–H and O–H groups in total. The van der Waals surface area contributed by atoms with Gasteiger partial charge in [-0.3, -0.25) is 14.5 Å². The molecule has 2 aliphatic heterocycles. The number of alkyl halides is 1. The smallest absolute Gasteiger partial charge is 0.239 e. The minimum Gasteiger partial charge on any atom is -0.361 e. The third-order valence-electron chi connectivity index (χ3n) is 5.06. The molecule has 8 heteroatoms. The van der Waals surface area contributed by atoms with Crippen molar-refractivity contribution in [2.75, 3.05) is 26.2 Å². The first-order valence-corrected chi connectivity index (χ1v) is 8.78. The van der Waals surface area contributed by atoms with Crippen LogP contribution in [-0.2, 0) is 16.1 Å². The molecule has 25 heavy (non-hydrogen) atoms. The number of likely N-dealkylation sites (tertiary alicyclic amines) is 2. The molecule has 2 saturated heterocycles. The number of halogens is 1. The van der Waals surface area contributed by atoms with Gasteiger partial charge in [-0.15, -0.1) is 0 Å². The quantitative estimate of drug-likeness (QED) is 0.824. The molecular formula is C17H25FN4O3. The van der Waals surface area contributed by atoms with Gasteiger partial charge in [-0.25, -0.2) is 4.39 Å². The molecule has 3 rings (SSSR count). The number of rotatable bonds is 6. The number of carbonyl (C=O) groups excluding carboxylic acids is 2. The fraction of sp³-hybridized carbons (Fsp3) is 0.706. The standard InChI is InChI=1S/C17H25FN4O3/c1-11-15(12(2)25-20-11)9-22-8-13(18)6-14(22)7-19-16(23)10-21-5-3-4-17(21)24/h13-14H,3-10H2,1-2H3,(H,19,23)/t13-,14-/m0/s1. The number of nitrogens with zero attached hydrogens (tertiary/aromatic N) is 3. The Morgan fingerprint density at radius 1 is 1.44 bits per heavy atom. The molecule has 138 valence electrons. The Bertz CT molecular complexity index is 628. The zero-order valence-electron chi connectivity index (χ0n) is 14.8. The third kappa shape index (κ3) is 4.18. The predicted octanol–water partition coefficient (Wildman–Crippen LogP) is 0.942. The van der Waals surface area contributed by atoms with Gasteiger partial charge in [-0.05, 0) is 26.7 Å². The van der Waals surface area contributed by atoms with Crippen LogP contribution in [0.4, 0.5) is 4.39 Å². The molecule has 2 amide bonds. The van der Waals surface area contributed by atoms with Crippen LogP contribution in [0.15, 0.2) is 4.52 Å². The van der Waals surface area contributed by atoms with Gasteiger partial charge in [0, 0.05) is 44.2 Å². The summed E-state index contributed by atoms with van der Waals surface area (Å²) in [6.45, 7) is 5.74. The van der Waals surface area contributed by atoms with Crippen molar-refractivity contribution in [2.45, 2.75) is 51.9 Å². The molecule has 3 heterocycles. The van der Waals surface area contributed by atoms with Crippen molar-refractivity contribution in [3.63, 3.8) is 0 Å². The summed E-state index contributed by atoms with van der Waals surface area (Å²) >= 11 is 0. The summed E-state index contributed by atoms with van der Waals surface area (Å²) in [5.41, 5.74) is 1.79. The van der Waals surface area contributed by atoms with E-state index in [9.17, 15) is 14.0 Å². The van der Waals surface area contributed by atoms with E-state index >= 15 is 0 Å². The van der Waals surface area contributed by atoms with Crippen LogP contribution in [0.1, 0.15) is 36.3 Å². The van der Waals surface area contributed by atoms with E-state index in [-0.39, 0.29) is 24.4 Å². The highest BCUT2D eigenvalue weighted by Crippen LogP contribution is 2.24. The number of carbonyl (C=O) groups is 2. The first-order chi connectivity index (χ1) is 11.9. The van der Waals surface area contributed by atoms with Gasteiger partial charge in [0.25, 0.3) is 0 Å². The van der Waals surface area contributed by atoms with Crippen molar-refractivity contribution >= 4 is 11.8 Å². The minimum atomic E-state index is -0.900. The van der Waals surface area contributed by atoms with Gasteiger partial charge in [0.1, 0.15) is 11.9 Å². The number of hydrogen-bond acceptors (Lipinski definition) is 5. The highest BCUT2D eigenvalue weighted by Gasteiger charge is 2.33. The second-order valence-electron chi connectivity index (χ2n) is 6.94. The Balaban J connectivity index is 1.53. The zero-order chi connectivity index (χ0) is 18.0. The maximum Gasteiger partial charge on any atom is 0.239 e. The molecule has 0 radical (unpaired) electrons. The van der Waals surface area contributed by atoms with E-state index in [0.717, 1.165) is 23.4 Å². The van der Waals surface area contributed by atoms with Gasteiger partial charge in [-0.2, -0.15) is 0 Å². The lowest BCUT2D eigenvalue weighted by atomic mass is 10.1. The summed E-state index contributed by atoms with van der Waals surface area (Å²) in [6, 6.07) is -0.0677. The first kappa shape index (κ1) is 17.8. The van der Waals surface area contributed by atoms with E-state index in [1.807, 2.05) is 18.7 Å². The normalized spacial score (nSPS) is 24.3. The predicted molar refractivity (Wildman–Crippen MR) is 88.5 cm³/mol. The lowest BCUT2D eigenvalue weighted by Crippen LogP contribution is -2.43. The molecule has 2 aliphatic rings. The first-order valence-electron chi connectivity index (χ1n) is 8.78. The molecule has 1 aromatic heterocycles. The monoisotopic (exact) mass is 352 g/mol. The van der Waals surface area contributed by atoms with Gasteiger partial charge in [0.2, 0.25) is 11.8 Å². The lowest BCUT2D eigenvalue weighted by Gasteiger charge is -2.24. The summed E-state index contributed by atoms with van der Waals surface area (Å²) in [4.78, 5) is 27.3. The average molecular weight is 352 g/mol. The van der Waals surface area contributed by atoms with Crippen molar-refractivity contribution in [2.24, 2.45) is 0 Å². The lowest BCUT2D eigenvalue weighted by molar-refractivity contribution is -0.133. The van der Waals surface area contributed by atoms with Crippen molar-refractivity contribution in [3.8, 4) is 0 Å². The summed E-state index contributed by atoms with van der Waals surface area (Å²) in [5, 5.41) is 6.79. The van der Waals surface area contributed by atoms with Gasteiger partial charge in [-0.1, -0.05) is 5.16 Å². The Hall–Kier alpha value is -1.96. The SMILES string of the molecule is Cc1noc(C)c1CN1C[C@@H](F)C[C@H]1CNC(=O)CN1CCCC1=O. The highest BCUT2D eigenvalue weighted by molar-refractivity contribution is 5.85. The molecule has 0 aromatic carbocycles. The van der Waals surface area contributed by atoms with E-state index in [4.69, 9.17) is 4.52 Å². The van der Waals surface area contributed by atoms with Crippen LogP contribution >= 0.6 is 0 Å². The van der Waals surface area contributed by atoms with E-state index in [0.29, 0.717) is 39.0 Å².